The fraction of sp³-hybridized carbons (Fsp3) is 0.400. The molecule has 1 aromatic heterocycles. The number of rotatable bonds is 3. The van der Waals surface area contributed by atoms with E-state index >= 15 is 0 Å². The maximum Gasteiger partial charge on any atom is 0.328 e. The molecular weight excluding hydrogens is 462 g/mol. The van der Waals surface area contributed by atoms with Crippen LogP contribution >= 0.6 is 0 Å². The Bertz CT molecular complexity index is 1470. The average Bonchev–Trinajstić information content (AvgIpc) is 3.28. The van der Waals surface area contributed by atoms with Gasteiger partial charge in [-0.25, -0.2) is 4.79 Å². The number of anilines is 1. The second kappa shape index (κ2) is 8.11. The number of nitrogens with zero attached hydrogens (tertiary/aromatic N) is 2. The van der Waals surface area contributed by atoms with Crippen LogP contribution in [-0.2, 0) is 10.3 Å². The Labute approximate surface area is 214 Å². The van der Waals surface area contributed by atoms with Crippen LogP contribution in [0.3, 0.4) is 0 Å². The van der Waals surface area contributed by atoms with Crippen LogP contribution in [0.2, 0.25) is 16.6 Å². The molecule has 0 saturated carbocycles. The molecule has 0 radical (unpaired) electrons. The number of likely N-dealkylation sites (N-methyl/N-ethyl adjacent to an activating group) is 1. The number of hydrogen-bond acceptors (Lipinski definition) is 2. The normalized spacial score (nSPS) is 18.9. The minimum atomic E-state index is -1.99. The minimum Gasteiger partial charge on any atom is -0.315 e. The van der Waals surface area contributed by atoms with Gasteiger partial charge in [0.05, 0.1) is 11.2 Å². The number of benzene rings is 2. The maximum atomic E-state index is 13.9. The quantitative estimate of drug-likeness (QED) is 0.340. The van der Waals surface area contributed by atoms with E-state index in [0.29, 0.717) is 22.3 Å². The molecule has 0 fully saturated rings. The monoisotopic (exact) mass is 497 g/mol. The van der Waals surface area contributed by atoms with Crippen LogP contribution in [-0.4, -0.2) is 31.6 Å². The van der Waals surface area contributed by atoms with Gasteiger partial charge in [0.1, 0.15) is 13.8 Å². The van der Waals surface area contributed by atoms with Crippen LogP contribution in [0, 0.1) is 18.4 Å². The molecule has 1 spiro atoms. The van der Waals surface area contributed by atoms with Crippen molar-refractivity contribution in [1.29, 1.82) is 0 Å². The molecule has 0 bridgehead atoms. The van der Waals surface area contributed by atoms with Crippen molar-refractivity contribution < 1.29 is 9.59 Å². The first-order valence-electron chi connectivity index (χ1n) is 12.9. The van der Waals surface area contributed by atoms with Crippen molar-refractivity contribution in [2.75, 3.05) is 11.9 Å². The lowest BCUT2D eigenvalue weighted by Gasteiger charge is -2.38. The zero-order valence-electron chi connectivity index (χ0n) is 22.5. The van der Waals surface area contributed by atoms with Crippen molar-refractivity contribution in [3.8, 4) is 11.5 Å². The van der Waals surface area contributed by atoms with Crippen LogP contribution in [0.15, 0.2) is 42.5 Å². The van der Waals surface area contributed by atoms with E-state index < -0.39 is 13.6 Å². The zero-order chi connectivity index (χ0) is 26.2. The summed E-state index contributed by atoms with van der Waals surface area (Å²) in [6.07, 6.45) is 0. The second-order valence-electron chi connectivity index (χ2n) is 11.3. The molecule has 0 saturated heterocycles. The lowest BCUT2D eigenvalue weighted by Crippen LogP contribution is -2.57. The van der Waals surface area contributed by atoms with E-state index in [1.54, 1.807) is 16.5 Å². The average molecular weight is 498 g/mol. The van der Waals surface area contributed by atoms with E-state index in [-0.39, 0.29) is 11.9 Å². The number of aromatic nitrogens is 1. The number of nitrogens with one attached hydrogen (secondary N) is 1. The Kier molecular flexibility index (Phi) is 5.49. The Morgan fingerprint density at radius 3 is 2.17 bits per heavy atom. The summed E-state index contributed by atoms with van der Waals surface area (Å²) in [6, 6.07) is 13.5. The predicted molar refractivity (Wildman–Crippen MR) is 149 cm³/mol. The Morgan fingerprint density at radius 2 is 1.53 bits per heavy atom. The highest BCUT2D eigenvalue weighted by Gasteiger charge is 2.56. The van der Waals surface area contributed by atoms with E-state index in [4.69, 9.17) is 0 Å². The van der Waals surface area contributed by atoms with E-state index in [1.165, 1.54) is 0 Å². The topological polar surface area (TPSA) is 54.3 Å². The van der Waals surface area contributed by atoms with Crippen LogP contribution in [0.5, 0.6) is 0 Å². The van der Waals surface area contributed by atoms with Crippen molar-refractivity contribution in [1.82, 2.24) is 9.88 Å². The molecule has 1 atom stereocenters. The van der Waals surface area contributed by atoms with E-state index in [2.05, 4.69) is 58.3 Å². The lowest BCUT2D eigenvalue weighted by atomic mass is 9.81. The predicted octanol–water partition coefficient (Wildman–Crippen LogP) is 6.31. The SMILES string of the molecule is Cc1cccc2c1N(C)C(=O)C21NC(=O)n2c(C#C[Si](C(C)C)(C(C)C)C(C)C)cc3cccc1c32. The lowest BCUT2D eigenvalue weighted by molar-refractivity contribution is -0.122. The van der Waals surface area contributed by atoms with Crippen molar-refractivity contribution in [3.05, 3.63) is 64.8 Å². The standard InChI is InChI=1S/C30H35N3O2Si/c1-18(2)36(19(3)4,20(5)6)16-15-23-17-22-12-10-14-25-27(22)33(23)29(35)31-30(25)24-13-9-11-21(7)26(24)32(8)28(30)34/h9-14,17-20H,1-8H3,(H,31,35). The van der Waals surface area contributed by atoms with Crippen molar-refractivity contribution in [3.63, 3.8) is 0 Å². The summed E-state index contributed by atoms with van der Waals surface area (Å²) in [6.45, 7) is 15.7. The highest BCUT2D eigenvalue weighted by Crippen LogP contribution is 2.49. The third-order valence-corrected chi connectivity index (χ3v) is 14.9. The first-order valence-corrected chi connectivity index (χ1v) is 15.1. The van der Waals surface area contributed by atoms with Crippen molar-refractivity contribution in [2.24, 2.45) is 0 Å². The van der Waals surface area contributed by atoms with Gasteiger partial charge >= 0.3 is 6.03 Å². The summed E-state index contributed by atoms with van der Waals surface area (Å²) in [5.74, 6) is 3.34. The Hall–Kier alpha value is -3.30. The summed E-state index contributed by atoms with van der Waals surface area (Å²) < 4.78 is 1.68. The molecule has 2 aliphatic rings. The number of para-hydroxylation sites is 2. The summed E-state index contributed by atoms with van der Waals surface area (Å²) >= 11 is 0. The van der Waals surface area contributed by atoms with Gasteiger partial charge in [-0.1, -0.05) is 83.9 Å². The zero-order valence-corrected chi connectivity index (χ0v) is 23.5. The highest BCUT2D eigenvalue weighted by molar-refractivity contribution is 6.90. The van der Waals surface area contributed by atoms with Gasteiger partial charge in [-0.05, 0) is 35.2 Å². The van der Waals surface area contributed by atoms with Gasteiger partial charge in [-0.15, -0.1) is 5.54 Å². The summed E-state index contributed by atoms with van der Waals surface area (Å²) in [4.78, 5) is 29.3. The van der Waals surface area contributed by atoms with Crippen LogP contribution in [0.1, 0.15) is 63.9 Å². The number of carbonyl (C=O) groups is 2. The Morgan fingerprint density at radius 1 is 0.917 bits per heavy atom. The molecule has 2 aromatic carbocycles. The number of hydrogen-bond donors (Lipinski definition) is 1. The molecule has 36 heavy (non-hydrogen) atoms. The van der Waals surface area contributed by atoms with Gasteiger partial charge in [-0.3, -0.25) is 9.36 Å². The Balaban J connectivity index is 1.78. The summed E-state index contributed by atoms with van der Waals surface area (Å²) in [5, 5.41) is 4.06. The molecule has 2 amide bonds. The first-order chi connectivity index (χ1) is 17.0. The van der Waals surface area contributed by atoms with Gasteiger partial charge in [-0.2, -0.15) is 0 Å². The largest absolute Gasteiger partial charge is 0.328 e. The number of aryl methyl sites for hydroxylation is 1. The molecule has 1 unspecified atom stereocenters. The molecule has 5 nitrogen and oxygen atoms in total. The molecule has 3 heterocycles. The van der Waals surface area contributed by atoms with E-state index in [0.717, 1.165) is 33.3 Å². The molecule has 2 aliphatic heterocycles. The van der Waals surface area contributed by atoms with Gasteiger partial charge < -0.3 is 10.2 Å². The minimum absolute atomic E-state index is 0.140. The molecule has 3 aromatic rings. The fourth-order valence-corrected chi connectivity index (χ4v) is 12.2. The molecule has 6 heteroatoms. The van der Waals surface area contributed by atoms with Gasteiger partial charge in [0.15, 0.2) is 5.54 Å². The van der Waals surface area contributed by atoms with Crippen molar-refractivity contribution >= 4 is 36.6 Å². The number of carbonyl (C=O) groups excluding carboxylic acids is 2. The molecule has 1 N–H and O–H groups in total. The third kappa shape index (κ3) is 2.96. The maximum absolute atomic E-state index is 13.9. The fourth-order valence-electron chi connectivity index (χ4n) is 7.01. The summed E-state index contributed by atoms with van der Waals surface area (Å²) in [5.41, 5.74) is 8.96. The number of fused-ring (bicyclic) bond motifs is 3. The summed E-state index contributed by atoms with van der Waals surface area (Å²) in [7, 11) is -0.200. The van der Waals surface area contributed by atoms with Gasteiger partial charge in [0.2, 0.25) is 0 Å². The van der Waals surface area contributed by atoms with Crippen LogP contribution in [0.4, 0.5) is 10.5 Å². The molecule has 0 aliphatic carbocycles. The second-order valence-corrected chi connectivity index (χ2v) is 16.9. The first kappa shape index (κ1) is 24.4. The molecule has 5 rings (SSSR count). The highest BCUT2D eigenvalue weighted by atomic mass is 28.3. The number of amides is 2. The molecular formula is C30H35N3O2Si. The van der Waals surface area contributed by atoms with Gasteiger partial charge in [0.25, 0.3) is 5.91 Å². The van der Waals surface area contributed by atoms with Crippen LogP contribution in [0.25, 0.3) is 10.9 Å². The van der Waals surface area contributed by atoms with Gasteiger partial charge in [0, 0.05) is 23.6 Å². The van der Waals surface area contributed by atoms with Crippen LogP contribution < -0.4 is 10.2 Å². The van der Waals surface area contributed by atoms with E-state index in [1.807, 2.05) is 49.4 Å². The third-order valence-electron chi connectivity index (χ3n) is 8.60. The molecule has 186 valence electrons. The van der Waals surface area contributed by atoms with E-state index in [9.17, 15) is 9.59 Å². The van der Waals surface area contributed by atoms with Crippen molar-refractivity contribution in [2.45, 2.75) is 70.6 Å². The smallest absolute Gasteiger partial charge is 0.315 e.